The Morgan fingerprint density at radius 3 is 1.19 bits per heavy atom. The molecule has 0 radical (unpaired) electrons. The summed E-state index contributed by atoms with van der Waals surface area (Å²) in [7, 11) is -8.84. The highest BCUT2D eigenvalue weighted by Crippen LogP contribution is 2.45. The zero-order valence-corrected chi connectivity index (χ0v) is 19.6. The van der Waals surface area contributed by atoms with Crippen LogP contribution in [0.4, 0.5) is 0 Å². The van der Waals surface area contributed by atoms with Gasteiger partial charge in [0.25, 0.3) is 0 Å². The topological polar surface area (TPSA) is 68.3 Å². The van der Waals surface area contributed by atoms with Crippen molar-refractivity contribution in [1.29, 1.82) is 0 Å². The summed E-state index contributed by atoms with van der Waals surface area (Å²) in [6.45, 7) is 18.9. The molecule has 2 aromatic carbocycles. The van der Waals surface area contributed by atoms with Crippen LogP contribution >= 0.6 is 0 Å². The van der Waals surface area contributed by atoms with Gasteiger partial charge in [0.15, 0.2) is 23.8 Å². The maximum Gasteiger partial charge on any atom is 0.199 e. The monoisotopic (exact) mass is 456 g/mol. The molecule has 0 fully saturated rings. The van der Waals surface area contributed by atoms with Gasteiger partial charge in [-0.3, -0.25) is 0 Å². The van der Waals surface area contributed by atoms with Crippen molar-refractivity contribution in [2.75, 3.05) is 0 Å². The number of sulfone groups is 2. The zero-order valence-electron chi connectivity index (χ0n) is 18.0. The number of benzene rings is 2. The molecular weight excluding hydrogens is 428 g/mol. The average molecular weight is 457 g/mol. The lowest BCUT2D eigenvalue weighted by molar-refractivity contribution is 0.532. The first-order valence-electron chi connectivity index (χ1n) is 9.63. The van der Waals surface area contributed by atoms with Crippen LogP contribution in [-0.2, 0) is 19.7 Å². The molecule has 0 bridgehead atoms. The second-order valence-electron chi connectivity index (χ2n) is 7.66. The molecular formula is C25H28O4S2. The highest BCUT2D eigenvalue weighted by molar-refractivity contribution is 8.10. The number of hydrogen-bond acceptors (Lipinski definition) is 4. The van der Waals surface area contributed by atoms with Crippen molar-refractivity contribution in [2.24, 2.45) is 0 Å². The van der Waals surface area contributed by atoms with E-state index in [0.29, 0.717) is 22.3 Å². The largest absolute Gasteiger partial charge is 0.222 e. The molecule has 0 heterocycles. The van der Waals surface area contributed by atoms with Gasteiger partial charge in [0.1, 0.15) is 0 Å². The van der Waals surface area contributed by atoms with Gasteiger partial charge in [-0.25, -0.2) is 16.8 Å². The Morgan fingerprint density at radius 2 is 0.935 bits per heavy atom. The summed E-state index contributed by atoms with van der Waals surface area (Å²) < 4.78 is 54.0. The number of hydrogen-bond donors (Lipinski definition) is 0. The fraction of sp³-hybridized carbons (Fsp3) is 0.200. The molecule has 0 unspecified atom stereocenters. The number of rotatable bonds is 10. The molecule has 0 saturated heterocycles. The lowest BCUT2D eigenvalue weighted by Crippen LogP contribution is -2.47. The van der Waals surface area contributed by atoms with E-state index in [1.54, 1.807) is 50.2 Å². The van der Waals surface area contributed by atoms with E-state index < -0.39 is 23.8 Å². The van der Waals surface area contributed by atoms with Crippen LogP contribution in [0.5, 0.6) is 0 Å². The van der Waals surface area contributed by atoms with Crippen LogP contribution in [0, 0.1) is 0 Å². The Labute approximate surface area is 186 Å². The normalized spacial score (nSPS) is 12.2. The molecule has 0 aliphatic heterocycles. The maximum atomic E-state index is 14.1. The van der Waals surface area contributed by atoms with Crippen LogP contribution in [0.1, 0.15) is 26.7 Å². The third kappa shape index (κ3) is 4.65. The fourth-order valence-corrected chi connectivity index (χ4v) is 8.25. The Kier molecular flexibility index (Phi) is 7.29. The van der Waals surface area contributed by atoms with Gasteiger partial charge in [-0.1, -0.05) is 85.0 Å². The minimum Gasteiger partial charge on any atom is -0.222 e. The van der Waals surface area contributed by atoms with Crippen molar-refractivity contribution in [3.05, 3.63) is 109 Å². The third-order valence-corrected chi connectivity index (χ3v) is 10.9. The summed E-state index contributed by atoms with van der Waals surface area (Å²) in [5.41, 5.74) is 1.70. The molecule has 2 aromatic rings. The van der Waals surface area contributed by atoms with Crippen molar-refractivity contribution in [3.63, 3.8) is 0 Å². The lowest BCUT2D eigenvalue weighted by Gasteiger charge is -2.35. The third-order valence-electron chi connectivity index (χ3n) is 5.26. The van der Waals surface area contributed by atoms with Gasteiger partial charge in [0.05, 0.1) is 9.79 Å². The van der Waals surface area contributed by atoms with E-state index in [2.05, 4.69) is 26.3 Å². The van der Waals surface area contributed by atoms with E-state index >= 15 is 0 Å². The minimum atomic E-state index is -4.42. The summed E-state index contributed by atoms with van der Waals surface area (Å²) in [6.07, 6.45) is -0.688. The molecule has 2 rings (SSSR count). The highest BCUT2D eigenvalue weighted by atomic mass is 32.3. The van der Waals surface area contributed by atoms with Crippen molar-refractivity contribution in [1.82, 2.24) is 0 Å². The van der Waals surface area contributed by atoms with Gasteiger partial charge in [0.2, 0.25) is 0 Å². The predicted molar refractivity (Wildman–Crippen MR) is 127 cm³/mol. The van der Waals surface area contributed by atoms with Crippen molar-refractivity contribution >= 4 is 19.7 Å². The van der Waals surface area contributed by atoms with E-state index in [9.17, 15) is 16.8 Å². The lowest BCUT2D eigenvalue weighted by atomic mass is 9.98. The second kappa shape index (κ2) is 9.20. The smallest absolute Gasteiger partial charge is 0.199 e. The SMILES string of the molecule is C=C(C)C(=C)CC(CC(=C)C(=C)C)(S(=O)(=O)c1ccccc1)S(=O)(=O)c1ccccc1. The zero-order chi connectivity index (χ0) is 23.4. The molecule has 0 amide bonds. The van der Waals surface area contributed by atoms with Crippen LogP contribution in [-0.4, -0.2) is 20.9 Å². The van der Waals surface area contributed by atoms with Crippen LogP contribution < -0.4 is 0 Å². The van der Waals surface area contributed by atoms with E-state index in [-0.39, 0.29) is 22.6 Å². The Balaban J connectivity index is 2.97. The molecule has 0 spiro atoms. The second-order valence-corrected chi connectivity index (χ2v) is 12.4. The Bertz CT molecular complexity index is 1120. The van der Waals surface area contributed by atoms with E-state index in [1.807, 2.05) is 0 Å². The van der Waals surface area contributed by atoms with Crippen LogP contribution in [0.2, 0.25) is 0 Å². The molecule has 0 saturated carbocycles. The molecule has 0 aliphatic rings. The van der Waals surface area contributed by atoms with Crippen molar-refractivity contribution in [2.45, 2.75) is 40.6 Å². The summed E-state index contributed by atoms with van der Waals surface area (Å²) in [6, 6.07) is 15.2. The highest BCUT2D eigenvalue weighted by Gasteiger charge is 2.56. The molecule has 6 heteroatoms. The van der Waals surface area contributed by atoms with E-state index in [1.165, 1.54) is 24.3 Å². The van der Waals surface area contributed by atoms with E-state index in [0.717, 1.165) is 0 Å². The fourth-order valence-electron chi connectivity index (χ4n) is 3.17. The predicted octanol–water partition coefficient (Wildman–Crippen LogP) is 5.68. The summed E-state index contributed by atoms with van der Waals surface area (Å²) in [4.78, 5) is -0.169. The molecule has 31 heavy (non-hydrogen) atoms. The molecule has 164 valence electrons. The summed E-state index contributed by atoms with van der Waals surface area (Å²) in [5.74, 6) is 0. The van der Waals surface area contributed by atoms with Gasteiger partial charge < -0.3 is 0 Å². The molecule has 4 nitrogen and oxygen atoms in total. The Hall–Kier alpha value is -2.70. The quantitative estimate of drug-likeness (QED) is 0.432. The van der Waals surface area contributed by atoms with Gasteiger partial charge in [-0.2, -0.15) is 0 Å². The maximum absolute atomic E-state index is 14.1. The molecule has 0 aliphatic carbocycles. The van der Waals surface area contributed by atoms with Gasteiger partial charge in [-0.05, 0) is 38.1 Å². The molecule has 0 N–H and O–H groups in total. The van der Waals surface area contributed by atoms with Gasteiger partial charge in [-0.15, -0.1) is 0 Å². The average Bonchev–Trinajstić information content (AvgIpc) is 2.73. The Morgan fingerprint density at radius 1 is 0.645 bits per heavy atom. The van der Waals surface area contributed by atoms with Gasteiger partial charge >= 0.3 is 0 Å². The van der Waals surface area contributed by atoms with Gasteiger partial charge in [0, 0.05) is 12.8 Å². The molecule has 0 atom stereocenters. The van der Waals surface area contributed by atoms with Crippen molar-refractivity contribution < 1.29 is 16.8 Å². The van der Waals surface area contributed by atoms with Crippen molar-refractivity contribution in [3.8, 4) is 0 Å². The van der Waals surface area contributed by atoms with Crippen LogP contribution in [0.25, 0.3) is 0 Å². The molecule has 0 aromatic heterocycles. The summed E-state index contributed by atoms with van der Waals surface area (Å²) >= 11 is 0. The minimum absolute atomic E-state index is 0.0847. The number of allylic oxidation sites excluding steroid dienone is 4. The summed E-state index contributed by atoms with van der Waals surface area (Å²) in [5, 5.41) is 0. The van der Waals surface area contributed by atoms with Crippen LogP contribution in [0.3, 0.4) is 0 Å². The standard InChI is InChI=1S/C25H28O4S2/c1-19(2)21(5)17-25(18-22(6)20(3)4,30(26,27)23-13-9-7-10-14-23)31(28,29)24-15-11-8-12-16-24/h7-16H,1,3,5-6,17-18H2,2,4H3. The van der Waals surface area contributed by atoms with E-state index in [4.69, 9.17) is 0 Å². The van der Waals surface area contributed by atoms with Crippen LogP contribution in [0.15, 0.2) is 119 Å². The first kappa shape index (κ1) is 24.6. The first-order chi connectivity index (χ1) is 14.4. The first-order valence-corrected chi connectivity index (χ1v) is 12.6.